The topological polar surface area (TPSA) is 129 Å². The number of benzene rings is 2. The number of rotatable bonds is 3. The maximum Gasteiger partial charge on any atom is 0.163 e. The first-order chi connectivity index (χ1) is 21.3. The van der Waals surface area contributed by atoms with Crippen molar-refractivity contribution in [3.8, 4) is 23.0 Å². The average molecular weight is 604 g/mol. The van der Waals surface area contributed by atoms with E-state index in [9.17, 15) is 0 Å². The molecule has 0 fully saturated rings. The van der Waals surface area contributed by atoms with Crippen molar-refractivity contribution in [1.29, 1.82) is 0 Å². The lowest BCUT2D eigenvalue weighted by Crippen LogP contribution is -2.13. The molecule has 0 N–H and O–H groups in total. The molecule has 13 heteroatoms. The largest absolute Gasteiger partial charge is 0.487 e. The van der Waals surface area contributed by atoms with Gasteiger partial charge in [-0.25, -0.2) is 0 Å². The molecule has 0 unspecified atom stereocenters. The second-order valence-electron chi connectivity index (χ2n) is 9.14. The van der Waals surface area contributed by atoms with Gasteiger partial charge in [-0.3, -0.25) is 4.99 Å². The molecule has 0 bridgehead atoms. The Kier molecular flexibility index (Phi) is 15.0. The molecule has 0 aromatic heterocycles. The van der Waals surface area contributed by atoms with Crippen molar-refractivity contribution in [1.82, 2.24) is 0 Å². The Morgan fingerprint density at radius 3 is 1.37 bits per heavy atom. The number of azo groups is 1. The van der Waals surface area contributed by atoms with Crippen LogP contribution in [0.2, 0.25) is 0 Å². The minimum atomic E-state index is 0.328. The molecule has 2 aliphatic rings. The molecule has 0 saturated carbocycles. The van der Waals surface area contributed by atoms with Crippen LogP contribution in [-0.4, -0.2) is 119 Å². The van der Waals surface area contributed by atoms with Gasteiger partial charge in [0.15, 0.2) is 23.0 Å². The van der Waals surface area contributed by atoms with E-state index < -0.39 is 0 Å². The van der Waals surface area contributed by atoms with Gasteiger partial charge in [0.05, 0.1) is 90.7 Å². The van der Waals surface area contributed by atoms with Crippen LogP contribution < -0.4 is 18.9 Å². The van der Waals surface area contributed by atoms with E-state index in [0.29, 0.717) is 146 Å². The summed E-state index contributed by atoms with van der Waals surface area (Å²) >= 11 is 0. The Morgan fingerprint density at radius 1 is 0.465 bits per heavy atom. The summed E-state index contributed by atoms with van der Waals surface area (Å²) in [6.45, 7) is 6.99. The lowest BCUT2D eigenvalue weighted by Gasteiger charge is -2.15. The van der Waals surface area contributed by atoms with Crippen molar-refractivity contribution in [3.63, 3.8) is 0 Å². The lowest BCUT2D eigenvalue weighted by atomic mass is 10.1. The molecule has 4 rings (SSSR count). The summed E-state index contributed by atoms with van der Waals surface area (Å²) in [5.74, 6) is 2.18. The molecule has 13 nitrogen and oxygen atoms in total. The van der Waals surface area contributed by atoms with Crippen LogP contribution in [0.3, 0.4) is 0 Å². The molecule has 0 atom stereocenters. The number of fused-ring (bicyclic) bond motifs is 2. The third-order valence-electron chi connectivity index (χ3n) is 5.99. The second kappa shape index (κ2) is 19.8. The summed E-state index contributed by atoms with van der Waals surface area (Å²) in [7, 11) is 1.69. The molecule has 0 saturated heterocycles. The molecule has 0 aliphatic carbocycles. The molecular weight excluding hydrogens is 562 g/mol. The van der Waals surface area contributed by atoms with Crippen LogP contribution in [0.4, 0.5) is 11.4 Å². The summed E-state index contributed by atoms with van der Waals surface area (Å²) in [4.78, 5) is 4.18. The zero-order valence-corrected chi connectivity index (χ0v) is 24.7. The van der Waals surface area contributed by atoms with Crippen molar-refractivity contribution < 1.29 is 47.4 Å². The fraction of sp³-hybridized carbons (Fsp3) is 0.567. The van der Waals surface area contributed by atoms with Gasteiger partial charge in [0.1, 0.15) is 26.4 Å². The molecule has 2 aliphatic heterocycles. The van der Waals surface area contributed by atoms with E-state index in [-0.39, 0.29) is 0 Å². The first-order valence-corrected chi connectivity index (χ1v) is 14.5. The van der Waals surface area contributed by atoms with E-state index >= 15 is 0 Å². The van der Waals surface area contributed by atoms with Crippen LogP contribution in [0.25, 0.3) is 0 Å². The van der Waals surface area contributed by atoms with E-state index in [1.807, 2.05) is 6.07 Å². The predicted octanol–water partition coefficient (Wildman–Crippen LogP) is 3.79. The quantitative estimate of drug-likeness (QED) is 0.377. The maximum atomic E-state index is 6.01. The minimum Gasteiger partial charge on any atom is -0.487 e. The summed E-state index contributed by atoms with van der Waals surface area (Å²) in [6, 6.07) is 8.99. The number of hydrogen-bond acceptors (Lipinski definition) is 13. The van der Waals surface area contributed by atoms with E-state index in [1.54, 1.807) is 37.5 Å². The molecule has 2 aromatic rings. The van der Waals surface area contributed by atoms with Gasteiger partial charge in [-0.1, -0.05) is 0 Å². The molecule has 0 spiro atoms. The van der Waals surface area contributed by atoms with Crippen LogP contribution in [-0.2, 0) is 28.4 Å². The fourth-order valence-electron chi connectivity index (χ4n) is 3.95. The summed E-state index contributed by atoms with van der Waals surface area (Å²) in [5, 5.41) is 9.01. The smallest absolute Gasteiger partial charge is 0.163 e. The highest BCUT2D eigenvalue weighted by atomic mass is 16.6. The van der Waals surface area contributed by atoms with E-state index in [2.05, 4.69) is 15.2 Å². The molecule has 2 heterocycles. The SMILES string of the molecule is CN=Cc1cc2c(cc1N=Nc1ccc3c(c1)OCCOCCOCCOCCO3)OCCOCCOCCOCCO2. The first kappa shape index (κ1) is 32.6. The van der Waals surface area contributed by atoms with E-state index in [4.69, 9.17) is 47.4 Å². The third kappa shape index (κ3) is 12.1. The molecular formula is C30H41N3O10. The summed E-state index contributed by atoms with van der Waals surface area (Å²) in [6.07, 6.45) is 1.69. The normalized spacial score (nSPS) is 19.2. The van der Waals surface area contributed by atoms with Gasteiger partial charge in [-0.05, 0) is 18.2 Å². The van der Waals surface area contributed by atoms with Crippen molar-refractivity contribution in [2.24, 2.45) is 15.2 Å². The molecule has 0 amide bonds. The zero-order chi connectivity index (χ0) is 29.8. The Bertz CT molecular complexity index is 1150. The van der Waals surface area contributed by atoms with Crippen molar-refractivity contribution in [3.05, 3.63) is 35.9 Å². The number of nitrogens with zero attached hydrogens (tertiary/aromatic N) is 3. The Labute approximate surface area is 252 Å². The lowest BCUT2D eigenvalue weighted by molar-refractivity contribution is 0.00708. The molecule has 43 heavy (non-hydrogen) atoms. The minimum absolute atomic E-state index is 0.328. The number of hydrogen-bond donors (Lipinski definition) is 0. The van der Waals surface area contributed by atoms with Crippen LogP contribution in [0.15, 0.2) is 45.6 Å². The fourth-order valence-corrected chi connectivity index (χ4v) is 3.95. The summed E-state index contributed by atoms with van der Waals surface area (Å²) < 4.78 is 57.1. The molecule has 236 valence electrons. The van der Waals surface area contributed by atoms with Gasteiger partial charge in [0.25, 0.3) is 0 Å². The third-order valence-corrected chi connectivity index (χ3v) is 5.99. The zero-order valence-electron chi connectivity index (χ0n) is 24.7. The first-order valence-electron chi connectivity index (χ1n) is 14.5. The average Bonchev–Trinajstić information content (AvgIpc) is 3.03. The second-order valence-corrected chi connectivity index (χ2v) is 9.14. The van der Waals surface area contributed by atoms with Gasteiger partial charge in [0.2, 0.25) is 0 Å². The highest BCUT2D eigenvalue weighted by Crippen LogP contribution is 2.37. The predicted molar refractivity (Wildman–Crippen MR) is 157 cm³/mol. The number of aliphatic imine (C=N–C) groups is 1. The maximum absolute atomic E-state index is 6.01. The molecule has 2 aromatic carbocycles. The van der Waals surface area contributed by atoms with Crippen LogP contribution >= 0.6 is 0 Å². The van der Waals surface area contributed by atoms with Crippen LogP contribution in [0, 0.1) is 0 Å². The van der Waals surface area contributed by atoms with Crippen molar-refractivity contribution >= 4 is 17.6 Å². The highest BCUT2D eigenvalue weighted by molar-refractivity contribution is 5.88. The Hall–Kier alpha value is -3.33. The monoisotopic (exact) mass is 603 g/mol. The van der Waals surface area contributed by atoms with E-state index in [1.165, 1.54) is 0 Å². The standard InChI is InChI=1S/C30H41N3O10/c1-31-23-24-20-28-30(43-19-15-39-11-7-35-5-9-37-13-17-41-28)22-26(24)33-32-25-2-3-27-29(21-25)42-18-14-38-10-6-34-4-8-36-12-16-40-27/h2-3,20-23H,4-19H2,1H3. The Morgan fingerprint density at radius 2 is 0.884 bits per heavy atom. The highest BCUT2D eigenvalue weighted by Gasteiger charge is 2.14. The van der Waals surface area contributed by atoms with Crippen molar-refractivity contribution in [2.75, 3.05) is 113 Å². The van der Waals surface area contributed by atoms with Gasteiger partial charge in [-0.15, -0.1) is 5.11 Å². The van der Waals surface area contributed by atoms with Gasteiger partial charge >= 0.3 is 0 Å². The van der Waals surface area contributed by atoms with Crippen LogP contribution in [0.1, 0.15) is 5.56 Å². The van der Waals surface area contributed by atoms with Crippen molar-refractivity contribution in [2.45, 2.75) is 0 Å². The van der Waals surface area contributed by atoms with Gasteiger partial charge in [0, 0.05) is 31.0 Å². The van der Waals surface area contributed by atoms with Gasteiger partial charge < -0.3 is 47.4 Å². The molecule has 0 radical (unpaired) electrons. The summed E-state index contributed by atoms with van der Waals surface area (Å²) in [5.41, 5.74) is 1.84. The Balaban J connectivity index is 1.52. The van der Waals surface area contributed by atoms with Gasteiger partial charge in [-0.2, -0.15) is 5.11 Å². The van der Waals surface area contributed by atoms with E-state index in [0.717, 1.165) is 0 Å². The van der Waals surface area contributed by atoms with Crippen LogP contribution in [0.5, 0.6) is 23.0 Å². The number of ether oxygens (including phenoxy) is 10.